The van der Waals surface area contributed by atoms with Gasteiger partial charge in [0.25, 0.3) is 0 Å². The molecule has 0 aliphatic rings. The molecule has 0 saturated heterocycles. The zero-order valence-electron chi connectivity index (χ0n) is 15.9. The minimum absolute atomic E-state index is 0.761. The predicted octanol–water partition coefficient (Wildman–Crippen LogP) is 5.21. The summed E-state index contributed by atoms with van der Waals surface area (Å²) in [5, 5.41) is 12.8. The number of hydrogen-bond acceptors (Lipinski definition) is 6. The van der Waals surface area contributed by atoms with E-state index in [-0.39, 0.29) is 0 Å². The summed E-state index contributed by atoms with van der Waals surface area (Å²) in [4.78, 5) is 4.80. The van der Waals surface area contributed by atoms with Crippen LogP contribution in [0.15, 0.2) is 59.1 Å². The molecule has 2 heterocycles. The Kier molecular flexibility index (Phi) is 5.45. The quantitative estimate of drug-likeness (QED) is 0.410. The molecule has 2 aromatic heterocycles. The Morgan fingerprint density at radius 3 is 2.61 bits per heavy atom. The number of nitrogens with zero attached hydrogens (tertiary/aromatic N) is 4. The van der Waals surface area contributed by atoms with Crippen LogP contribution in [0.25, 0.3) is 22.0 Å². The highest BCUT2D eigenvalue weighted by Gasteiger charge is 2.13. The third-order valence-corrected chi connectivity index (χ3v) is 6.44. The van der Waals surface area contributed by atoms with Crippen molar-refractivity contribution >= 4 is 23.1 Å². The van der Waals surface area contributed by atoms with Gasteiger partial charge in [-0.15, -0.1) is 21.5 Å². The van der Waals surface area contributed by atoms with Crippen molar-refractivity contribution in [3.63, 3.8) is 0 Å². The molecular weight excluding hydrogens is 388 g/mol. The zero-order valence-corrected chi connectivity index (χ0v) is 17.5. The lowest BCUT2D eigenvalue weighted by Gasteiger charge is -2.04. The van der Waals surface area contributed by atoms with E-state index in [0.717, 1.165) is 38.7 Å². The van der Waals surface area contributed by atoms with Crippen LogP contribution in [0, 0.1) is 6.92 Å². The summed E-state index contributed by atoms with van der Waals surface area (Å²) in [5.74, 6) is 2.43. The van der Waals surface area contributed by atoms with Gasteiger partial charge in [-0.25, -0.2) is 4.98 Å². The molecule has 0 amide bonds. The summed E-state index contributed by atoms with van der Waals surface area (Å²) in [6.07, 6.45) is 0. The fourth-order valence-corrected chi connectivity index (χ4v) is 4.70. The SMILES string of the molecule is COc1ccc(-c2nnc(SCc3csc(-c4ccccc4C)n3)n2C)cc1. The summed E-state index contributed by atoms with van der Waals surface area (Å²) in [7, 11) is 3.65. The topological polar surface area (TPSA) is 52.8 Å². The van der Waals surface area contributed by atoms with Gasteiger partial charge in [-0.3, -0.25) is 0 Å². The van der Waals surface area contributed by atoms with Crippen LogP contribution < -0.4 is 4.74 Å². The van der Waals surface area contributed by atoms with Crippen molar-refractivity contribution in [1.29, 1.82) is 0 Å². The fourth-order valence-electron chi connectivity index (χ4n) is 2.88. The lowest BCUT2D eigenvalue weighted by Crippen LogP contribution is -1.95. The molecule has 0 spiro atoms. The Balaban J connectivity index is 1.47. The van der Waals surface area contributed by atoms with Crippen molar-refractivity contribution in [1.82, 2.24) is 19.7 Å². The van der Waals surface area contributed by atoms with Gasteiger partial charge in [-0.1, -0.05) is 36.0 Å². The van der Waals surface area contributed by atoms with E-state index in [9.17, 15) is 0 Å². The summed E-state index contributed by atoms with van der Waals surface area (Å²) in [5.41, 5.74) is 4.51. The largest absolute Gasteiger partial charge is 0.497 e. The number of methoxy groups -OCH3 is 1. The molecule has 0 N–H and O–H groups in total. The number of thiazole rings is 1. The van der Waals surface area contributed by atoms with Gasteiger partial charge in [0.15, 0.2) is 11.0 Å². The molecule has 0 radical (unpaired) electrons. The highest BCUT2D eigenvalue weighted by Crippen LogP contribution is 2.30. The first-order valence-electron chi connectivity index (χ1n) is 8.82. The number of thioether (sulfide) groups is 1. The van der Waals surface area contributed by atoms with Crippen LogP contribution in [-0.4, -0.2) is 26.9 Å². The predicted molar refractivity (Wildman–Crippen MR) is 115 cm³/mol. The van der Waals surface area contributed by atoms with Crippen LogP contribution >= 0.6 is 23.1 Å². The first-order chi connectivity index (χ1) is 13.7. The zero-order chi connectivity index (χ0) is 19.5. The van der Waals surface area contributed by atoms with Gasteiger partial charge >= 0.3 is 0 Å². The van der Waals surface area contributed by atoms with E-state index in [0.29, 0.717) is 0 Å². The van der Waals surface area contributed by atoms with Crippen molar-refractivity contribution in [2.45, 2.75) is 17.8 Å². The second kappa shape index (κ2) is 8.16. The van der Waals surface area contributed by atoms with Gasteiger partial charge in [-0.05, 0) is 36.8 Å². The third-order valence-electron chi connectivity index (χ3n) is 4.46. The molecular formula is C21H20N4OS2. The Morgan fingerprint density at radius 2 is 1.86 bits per heavy atom. The summed E-state index contributed by atoms with van der Waals surface area (Å²) >= 11 is 3.33. The Bertz CT molecular complexity index is 1090. The van der Waals surface area contributed by atoms with Gasteiger partial charge in [0, 0.05) is 29.3 Å². The number of rotatable bonds is 6. The molecule has 0 unspecified atom stereocenters. The lowest BCUT2D eigenvalue weighted by atomic mass is 10.1. The number of aryl methyl sites for hydroxylation is 1. The van der Waals surface area contributed by atoms with Crippen molar-refractivity contribution < 1.29 is 4.74 Å². The summed E-state index contributed by atoms with van der Waals surface area (Å²) < 4.78 is 7.23. The molecule has 0 aliphatic carbocycles. The van der Waals surface area contributed by atoms with Crippen molar-refractivity contribution in [3.05, 3.63) is 65.2 Å². The Hall–Kier alpha value is -2.64. The third kappa shape index (κ3) is 3.81. The molecule has 28 heavy (non-hydrogen) atoms. The molecule has 0 saturated carbocycles. The van der Waals surface area contributed by atoms with Crippen LogP contribution in [0.1, 0.15) is 11.3 Å². The van der Waals surface area contributed by atoms with Crippen LogP contribution in [0.2, 0.25) is 0 Å². The first kappa shape index (κ1) is 18.7. The summed E-state index contributed by atoms with van der Waals surface area (Å²) in [6, 6.07) is 16.2. The van der Waals surface area contributed by atoms with Crippen LogP contribution in [0.4, 0.5) is 0 Å². The second-order valence-electron chi connectivity index (χ2n) is 6.34. The molecule has 4 rings (SSSR count). The van der Waals surface area contributed by atoms with Crippen molar-refractivity contribution in [2.24, 2.45) is 7.05 Å². The minimum Gasteiger partial charge on any atom is -0.497 e. The standard InChI is InChI=1S/C21H20N4OS2/c1-14-6-4-5-7-18(14)20-22-16(12-27-20)13-28-21-24-23-19(25(21)2)15-8-10-17(26-3)11-9-15/h4-12H,13H2,1-3H3. The van der Waals surface area contributed by atoms with Crippen molar-refractivity contribution in [3.8, 4) is 27.7 Å². The first-order valence-corrected chi connectivity index (χ1v) is 10.7. The normalized spacial score (nSPS) is 11.0. The van der Waals surface area contributed by atoms with Gasteiger partial charge in [0.05, 0.1) is 12.8 Å². The maximum atomic E-state index is 5.22. The molecule has 0 fully saturated rings. The molecule has 7 heteroatoms. The van der Waals surface area contributed by atoms with Crippen LogP contribution in [-0.2, 0) is 12.8 Å². The summed E-state index contributed by atoms with van der Waals surface area (Å²) in [6.45, 7) is 2.12. The second-order valence-corrected chi connectivity index (χ2v) is 8.14. The van der Waals surface area contributed by atoms with Crippen molar-refractivity contribution in [2.75, 3.05) is 7.11 Å². The minimum atomic E-state index is 0.761. The van der Waals surface area contributed by atoms with Gasteiger partial charge < -0.3 is 9.30 Å². The average molecular weight is 409 g/mol. The molecule has 0 bridgehead atoms. The average Bonchev–Trinajstić information content (AvgIpc) is 3.33. The number of benzene rings is 2. The number of ether oxygens (including phenoxy) is 1. The van der Waals surface area contributed by atoms with E-state index in [2.05, 4.69) is 46.8 Å². The Morgan fingerprint density at radius 1 is 1.07 bits per heavy atom. The van der Waals surface area contributed by atoms with E-state index < -0.39 is 0 Å². The highest BCUT2D eigenvalue weighted by atomic mass is 32.2. The van der Waals surface area contributed by atoms with Gasteiger partial charge in [0.1, 0.15) is 10.8 Å². The monoisotopic (exact) mass is 408 g/mol. The maximum Gasteiger partial charge on any atom is 0.191 e. The maximum absolute atomic E-state index is 5.22. The molecule has 4 aromatic rings. The fraction of sp³-hybridized carbons (Fsp3) is 0.190. The molecule has 2 aromatic carbocycles. The molecule has 142 valence electrons. The molecule has 5 nitrogen and oxygen atoms in total. The van der Waals surface area contributed by atoms with Gasteiger partial charge in [-0.2, -0.15) is 0 Å². The van der Waals surface area contributed by atoms with E-state index in [1.807, 2.05) is 35.9 Å². The highest BCUT2D eigenvalue weighted by molar-refractivity contribution is 7.98. The lowest BCUT2D eigenvalue weighted by molar-refractivity contribution is 0.415. The van der Waals surface area contributed by atoms with Crippen LogP contribution in [0.5, 0.6) is 5.75 Å². The number of aromatic nitrogens is 4. The van der Waals surface area contributed by atoms with E-state index in [4.69, 9.17) is 9.72 Å². The Labute approximate surface area is 172 Å². The van der Waals surface area contributed by atoms with Gasteiger partial charge in [0.2, 0.25) is 0 Å². The number of hydrogen-bond donors (Lipinski definition) is 0. The van der Waals surface area contributed by atoms with E-state index >= 15 is 0 Å². The molecule has 0 atom stereocenters. The van der Waals surface area contributed by atoms with E-state index in [1.165, 1.54) is 11.1 Å². The van der Waals surface area contributed by atoms with Crippen LogP contribution in [0.3, 0.4) is 0 Å². The smallest absolute Gasteiger partial charge is 0.191 e. The van der Waals surface area contributed by atoms with E-state index in [1.54, 1.807) is 30.2 Å². The molecule has 0 aliphatic heterocycles.